The second-order valence-corrected chi connectivity index (χ2v) is 6.07. The maximum absolute atomic E-state index is 5.68. The zero-order valence-electron chi connectivity index (χ0n) is 12.1. The van der Waals surface area contributed by atoms with Gasteiger partial charge in [-0.15, -0.1) is 5.10 Å². The number of anilines is 1. The summed E-state index contributed by atoms with van der Waals surface area (Å²) in [7, 11) is 0. The van der Waals surface area contributed by atoms with Crippen LogP contribution in [-0.4, -0.2) is 21.7 Å². The van der Waals surface area contributed by atoms with Crippen molar-refractivity contribution >= 4 is 23.0 Å². The van der Waals surface area contributed by atoms with Gasteiger partial charge in [0.2, 0.25) is 0 Å². The van der Waals surface area contributed by atoms with Gasteiger partial charge in [-0.2, -0.15) is 5.10 Å². The molecule has 1 rings (SSSR count). The van der Waals surface area contributed by atoms with E-state index in [0.29, 0.717) is 10.8 Å². The molecule has 19 heavy (non-hydrogen) atoms. The van der Waals surface area contributed by atoms with Crippen molar-refractivity contribution in [1.29, 1.82) is 0 Å². The molecule has 0 aliphatic rings. The smallest absolute Gasteiger partial charge is 0.158 e. The van der Waals surface area contributed by atoms with E-state index in [2.05, 4.69) is 36.3 Å². The zero-order valence-corrected chi connectivity index (χ0v) is 12.9. The Balaban J connectivity index is 2.58. The predicted octanol–water partition coefficient (Wildman–Crippen LogP) is 3.13. The van der Waals surface area contributed by atoms with E-state index in [1.807, 2.05) is 0 Å². The average Bonchev–Trinajstić information content (AvgIpc) is 2.37. The summed E-state index contributed by atoms with van der Waals surface area (Å²) in [5, 5.41) is 11.3. The number of nitrogens with two attached hydrogens (primary N) is 1. The van der Waals surface area contributed by atoms with Gasteiger partial charge in [-0.25, -0.2) is 0 Å². The number of thiocarbonyl (C=S) groups is 1. The maximum atomic E-state index is 5.68. The molecule has 4 nitrogen and oxygen atoms in total. The molecule has 5 heteroatoms. The van der Waals surface area contributed by atoms with Crippen LogP contribution in [0.3, 0.4) is 0 Å². The summed E-state index contributed by atoms with van der Waals surface area (Å²) in [5.41, 5.74) is 6.66. The highest BCUT2D eigenvalue weighted by molar-refractivity contribution is 7.80. The lowest BCUT2D eigenvalue weighted by atomic mass is 9.87. The van der Waals surface area contributed by atoms with Crippen molar-refractivity contribution in [3.05, 3.63) is 17.8 Å². The first-order chi connectivity index (χ1) is 8.96. The molecule has 3 N–H and O–H groups in total. The van der Waals surface area contributed by atoms with E-state index in [4.69, 9.17) is 18.0 Å². The molecule has 106 valence electrons. The van der Waals surface area contributed by atoms with Crippen molar-refractivity contribution in [3.63, 3.8) is 0 Å². The van der Waals surface area contributed by atoms with Crippen LogP contribution in [0.2, 0.25) is 0 Å². The van der Waals surface area contributed by atoms with Crippen LogP contribution in [0.25, 0.3) is 0 Å². The summed E-state index contributed by atoms with van der Waals surface area (Å²) in [6.07, 6.45) is 6.59. The highest BCUT2D eigenvalue weighted by atomic mass is 32.1. The molecule has 1 aromatic rings. The first-order valence-electron chi connectivity index (χ1n) is 6.81. The van der Waals surface area contributed by atoms with Gasteiger partial charge in [0.05, 0.1) is 11.8 Å². The molecule has 1 aromatic heterocycles. The molecule has 0 aliphatic heterocycles. The van der Waals surface area contributed by atoms with Gasteiger partial charge in [0.25, 0.3) is 0 Å². The molecular weight excluding hydrogens is 256 g/mol. The van der Waals surface area contributed by atoms with Crippen molar-refractivity contribution in [3.8, 4) is 0 Å². The number of hydrogen-bond acceptors (Lipinski definition) is 4. The molecular formula is C14H24N4S. The van der Waals surface area contributed by atoms with Crippen LogP contribution in [0.15, 0.2) is 12.3 Å². The lowest BCUT2D eigenvalue weighted by molar-refractivity contribution is 0.342. The van der Waals surface area contributed by atoms with Gasteiger partial charge in [-0.05, 0) is 17.9 Å². The van der Waals surface area contributed by atoms with Gasteiger partial charge >= 0.3 is 0 Å². The van der Waals surface area contributed by atoms with Crippen LogP contribution in [0.1, 0.15) is 52.0 Å². The molecule has 0 radical (unpaired) electrons. The molecule has 0 bridgehead atoms. The van der Waals surface area contributed by atoms with Crippen LogP contribution in [0, 0.1) is 5.41 Å². The number of hydrogen-bond donors (Lipinski definition) is 2. The van der Waals surface area contributed by atoms with Crippen molar-refractivity contribution in [2.45, 2.75) is 46.5 Å². The summed E-state index contributed by atoms with van der Waals surface area (Å²) in [6.45, 7) is 7.57. The Kier molecular flexibility index (Phi) is 6.15. The van der Waals surface area contributed by atoms with Crippen LogP contribution in [0.4, 0.5) is 5.82 Å². The molecule has 0 atom stereocenters. The lowest BCUT2D eigenvalue weighted by Crippen LogP contribution is -2.25. The SMILES string of the molecule is CCCCCC(C)(C)CNc1nnccc1C(N)=S. The molecule has 0 aliphatic carbocycles. The number of nitrogens with one attached hydrogen (secondary N) is 1. The molecule has 0 aromatic carbocycles. The number of unbranched alkanes of at least 4 members (excludes halogenated alkanes) is 2. The third-order valence-electron chi connectivity index (χ3n) is 3.18. The average molecular weight is 280 g/mol. The quantitative estimate of drug-likeness (QED) is 0.566. The fourth-order valence-electron chi connectivity index (χ4n) is 1.93. The van der Waals surface area contributed by atoms with Gasteiger partial charge < -0.3 is 11.1 Å². The molecule has 0 amide bonds. The Morgan fingerprint density at radius 2 is 2.16 bits per heavy atom. The third kappa shape index (κ3) is 5.51. The number of rotatable bonds is 8. The molecule has 1 heterocycles. The van der Waals surface area contributed by atoms with Gasteiger partial charge in [-0.3, -0.25) is 0 Å². The van der Waals surface area contributed by atoms with E-state index in [-0.39, 0.29) is 5.41 Å². The summed E-state index contributed by atoms with van der Waals surface area (Å²) in [4.78, 5) is 0.348. The van der Waals surface area contributed by atoms with E-state index in [1.54, 1.807) is 12.3 Å². The Labute approximate surface area is 121 Å². The minimum atomic E-state index is 0.222. The van der Waals surface area contributed by atoms with Gasteiger partial charge in [-0.1, -0.05) is 52.3 Å². The summed E-state index contributed by atoms with van der Waals surface area (Å²) in [5.74, 6) is 0.679. The summed E-state index contributed by atoms with van der Waals surface area (Å²) < 4.78 is 0. The predicted molar refractivity (Wildman–Crippen MR) is 84.3 cm³/mol. The molecule has 0 saturated heterocycles. The summed E-state index contributed by atoms with van der Waals surface area (Å²) in [6, 6.07) is 1.79. The molecule has 0 unspecified atom stereocenters. The summed E-state index contributed by atoms with van der Waals surface area (Å²) >= 11 is 5.01. The van der Waals surface area contributed by atoms with Crippen LogP contribution < -0.4 is 11.1 Å². The van der Waals surface area contributed by atoms with Gasteiger partial charge in [0.1, 0.15) is 4.99 Å². The number of aromatic nitrogens is 2. The second kappa shape index (κ2) is 7.38. The van der Waals surface area contributed by atoms with E-state index in [1.165, 1.54) is 25.7 Å². The zero-order chi connectivity index (χ0) is 14.3. The molecule has 0 spiro atoms. The normalized spacial score (nSPS) is 11.3. The fraction of sp³-hybridized carbons (Fsp3) is 0.643. The largest absolute Gasteiger partial charge is 0.389 e. The maximum Gasteiger partial charge on any atom is 0.158 e. The van der Waals surface area contributed by atoms with E-state index in [0.717, 1.165) is 12.1 Å². The van der Waals surface area contributed by atoms with Crippen molar-refractivity contribution in [2.75, 3.05) is 11.9 Å². The van der Waals surface area contributed by atoms with Crippen LogP contribution >= 0.6 is 12.2 Å². The Hall–Kier alpha value is -1.23. The van der Waals surface area contributed by atoms with Crippen molar-refractivity contribution in [2.24, 2.45) is 11.1 Å². The molecule has 0 fully saturated rings. The first-order valence-corrected chi connectivity index (χ1v) is 7.22. The minimum Gasteiger partial charge on any atom is -0.389 e. The molecule has 0 saturated carbocycles. The van der Waals surface area contributed by atoms with E-state index in [9.17, 15) is 0 Å². The van der Waals surface area contributed by atoms with E-state index >= 15 is 0 Å². The monoisotopic (exact) mass is 280 g/mol. The highest BCUT2D eigenvalue weighted by Crippen LogP contribution is 2.24. The van der Waals surface area contributed by atoms with Crippen LogP contribution in [-0.2, 0) is 0 Å². The topological polar surface area (TPSA) is 63.8 Å². The van der Waals surface area contributed by atoms with Crippen LogP contribution in [0.5, 0.6) is 0 Å². The Bertz CT molecular complexity index is 418. The third-order valence-corrected chi connectivity index (χ3v) is 3.40. The fourth-order valence-corrected chi connectivity index (χ4v) is 2.09. The van der Waals surface area contributed by atoms with Gasteiger partial charge in [0, 0.05) is 6.54 Å². The first kappa shape index (κ1) is 15.8. The second-order valence-electron chi connectivity index (χ2n) is 5.63. The van der Waals surface area contributed by atoms with Crippen molar-refractivity contribution < 1.29 is 0 Å². The standard InChI is InChI=1S/C14H24N4S/c1-4-5-6-8-14(2,3)10-16-13-11(12(15)19)7-9-17-18-13/h7,9H,4-6,8,10H2,1-3H3,(H2,15,19)(H,16,18). The Morgan fingerprint density at radius 1 is 1.42 bits per heavy atom. The Morgan fingerprint density at radius 3 is 2.79 bits per heavy atom. The van der Waals surface area contributed by atoms with Crippen molar-refractivity contribution in [1.82, 2.24) is 10.2 Å². The van der Waals surface area contributed by atoms with E-state index < -0.39 is 0 Å². The minimum absolute atomic E-state index is 0.222. The van der Waals surface area contributed by atoms with Gasteiger partial charge in [0.15, 0.2) is 5.82 Å². The lowest BCUT2D eigenvalue weighted by Gasteiger charge is -2.25. The highest BCUT2D eigenvalue weighted by Gasteiger charge is 2.18. The number of nitrogens with zero attached hydrogens (tertiary/aromatic N) is 2.